The number of aryl methyl sites for hydroxylation is 1. The summed E-state index contributed by atoms with van der Waals surface area (Å²) in [5, 5.41) is 0. The second kappa shape index (κ2) is 7.56. The molecule has 0 aliphatic heterocycles. The Morgan fingerprint density at radius 2 is 1.68 bits per heavy atom. The molecule has 0 atom stereocenters. The summed E-state index contributed by atoms with van der Waals surface area (Å²) in [5.74, 6) is 0.581. The summed E-state index contributed by atoms with van der Waals surface area (Å²) in [6, 6.07) is 15.7. The van der Waals surface area contributed by atoms with E-state index in [0.29, 0.717) is 5.92 Å². The van der Waals surface area contributed by atoms with Crippen LogP contribution in [-0.2, 0) is 32.6 Å². The molecular weight excluding hydrogens is 343 g/mol. The summed E-state index contributed by atoms with van der Waals surface area (Å²) in [4.78, 5) is 0. The molecule has 0 unspecified atom stereocenters. The van der Waals surface area contributed by atoms with Crippen LogP contribution in [0, 0.1) is 12.3 Å². The van der Waals surface area contributed by atoms with Crippen LogP contribution in [0.25, 0.3) is 17.2 Å². The SMILES string of the molecule is CCCc1ccc(-c2cccc3c2C=C(C(C)C)[CH]3)cc1.[Zr]. The minimum atomic E-state index is 0. The van der Waals surface area contributed by atoms with E-state index in [9.17, 15) is 0 Å². The average Bonchev–Trinajstić information content (AvgIpc) is 2.93. The van der Waals surface area contributed by atoms with E-state index in [1.165, 1.54) is 46.2 Å². The van der Waals surface area contributed by atoms with Crippen molar-refractivity contribution in [1.82, 2.24) is 0 Å². The van der Waals surface area contributed by atoms with Gasteiger partial charge in [-0.3, -0.25) is 0 Å². The monoisotopic (exact) mass is 365 g/mol. The molecule has 0 saturated heterocycles. The molecule has 0 nitrogen and oxygen atoms in total. The zero-order valence-electron chi connectivity index (χ0n) is 13.7. The van der Waals surface area contributed by atoms with Crippen LogP contribution in [0.2, 0.25) is 0 Å². The van der Waals surface area contributed by atoms with Gasteiger partial charge >= 0.3 is 0 Å². The number of hydrogen-bond acceptors (Lipinski definition) is 0. The summed E-state index contributed by atoms with van der Waals surface area (Å²) in [7, 11) is 0. The first-order valence-corrected chi connectivity index (χ1v) is 7.97. The van der Waals surface area contributed by atoms with Crippen LogP contribution in [0.1, 0.15) is 43.9 Å². The fourth-order valence-electron chi connectivity index (χ4n) is 2.98. The first-order valence-electron chi connectivity index (χ1n) is 7.97. The molecule has 3 rings (SSSR count). The van der Waals surface area contributed by atoms with Crippen LogP contribution in [0.3, 0.4) is 0 Å². The Bertz CT molecular complexity index is 663. The van der Waals surface area contributed by atoms with Gasteiger partial charge in [0.15, 0.2) is 0 Å². The fourth-order valence-corrected chi connectivity index (χ4v) is 2.98. The molecule has 0 fully saturated rings. The van der Waals surface area contributed by atoms with Gasteiger partial charge in [-0.1, -0.05) is 81.3 Å². The largest absolute Gasteiger partial charge is 0.0651 e. The van der Waals surface area contributed by atoms with E-state index in [1.807, 2.05) is 0 Å². The normalized spacial score (nSPS) is 12.8. The molecule has 1 aliphatic rings. The van der Waals surface area contributed by atoms with E-state index in [4.69, 9.17) is 0 Å². The molecule has 0 aromatic heterocycles. The van der Waals surface area contributed by atoms with Gasteiger partial charge in [-0.25, -0.2) is 0 Å². The van der Waals surface area contributed by atoms with Crippen molar-refractivity contribution in [1.29, 1.82) is 0 Å². The number of benzene rings is 2. The van der Waals surface area contributed by atoms with Gasteiger partial charge in [0.1, 0.15) is 0 Å². The fraction of sp³-hybridized carbons (Fsp3) is 0.286. The Kier molecular flexibility index (Phi) is 5.98. The van der Waals surface area contributed by atoms with Crippen LogP contribution < -0.4 is 0 Å². The maximum Gasteiger partial charge on any atom is 0.0167 e. The summed E-state index contributed by atoms with van der Waals surface area (Å²) in [6.07, 6.45) is 7.05. The van der Waals surface area contributed by atoms with E-state index in [0.717, 1.165) is 0 Å². The number of allylic oxidation sites excluding steroid dienone is 1. The summed E-state index contributed by atoms with van der Waals surface area (Å²) < 4.78 is 0. The average molecular weight is 367 g/mol. The van der Waals surface area contributed by atoms with Gasteiger partial charge in [0.05, 0.1) is 0 Å². The summed E-state index contributed by atoms with van der Waals surface area (Å²) in [6.45, 7) is 6.74. The molecule has 1 aliphatic carbocycles. The van der Waals surface area contributed by atoms with Crippen LogP contribution >= 0.6 is 0 Å². The van der Waals surface area contributed by atoms with Crippen LogP contribution in [0.4, 0.5) is 0 Å². The predicted octanol–water partition coefficient (Wildman–Crippen LogP) is 5.91. The Hall–Kier alpha value is -0.937. The molecule has 0 saturated carbocycles. The number of hydrogen-bond donors (Lipinski definition) is 0. The zero-order valence-corrected chi connectivity index (χ0v) is 16.1. The summed E-state index contributed by atoms with van der Waals surface area (Å²) >= 11 is 0. The molecule has 0 heterocycles. The molecule has 0 N–H and O–H groups in total. The third kappa shape index (κ3) is 3.52. The second-order valence-electron chi connectivity index (χ2n) is 6.20. The Morgan fingerprint density at radius 1 is 0.955 bits per heavy atom. The smallest absolute Gasteiger partial charge is 0.0167 e. The van der Waals surface area contributed by atoms with Crippen molar-refractivity contribution in [2.45, 2.75) is 33.6 Å². The van der Waals surface area contributed by atoms with Gasteiger partial charge in [0.2, 0.25) is 0 Å². The van der Waals surface area contributed by atoms with E-state index in [2.05, 4.69) is 75.7 Å². The van der Waals surface area contributed by atoms with Crippen molar-refractivity contribution >= 4 is 6.08 Å². The van der Waals surface area contributed by atoms with E-state index in [-0.39, 0.29) is 26.2 Å². The maximum atomic E-state index is 2.36. The second-order valence-corrected chi connectivity index (χ2v) is 6.20. The Balaban J connectivity index is 0.00000176. The number of rotatable bonds is 4. The quantitative estimate of drug-likeness (QED) is 0.631. The van der Waals surface area contributed by atoms with Crippen molar-refractivity contribution in [2.24, 2.45) is 5.92 Å². The van der Waals surface area contributed by atoms with Crippen LogP contribution in [0.5, 0.6) is 0 Å². The summed E-state index contributed by atoms with van der Waals surface area (Å²) in [5.41, 5.74) is 8.26. The molecule has 1 radical (unpaired) electrons. The van der Waals surface area contributed by atoms with E-state index >= 15 is 0 Å². The van der Waals surface area contributed by atoms with Crippen LogP contribution in [-0.4, -0.2) is 0 Å². The molecule has 1 heteroatoms. The van der Waals surface area contributed by atoms with Crippen molar-refractivity contribution in [2.75, 3.05) is 0 Å². The van der Waals surface area contributed by atoms with Gasteiger partial charge in [0.25, 0.3) is 0 Å². The van der Waals surface area contributed by atoms with Crippen LogP contribution in [0.15, 0.2) is 48.0 Å². The van der Waals surface area contributed by atoms with Crippen molar-refractivity contribution in [3.8, 4) is 11.1 Å². The van der Waals surface area contributed by atoms with Crippen molar-refractivity contribution in [3.63, 3.8) is 0 Å². The molecule has 2 aromatic rings. The van der Waals surface area contributed by atoms with Gasteiger partial charge in [-0.2, -0.15) is 0 Å². The van der Waals surface area contributed by atoms with Gasteiger partial charge in [-0.15, -0.1) is 0 Å². The van der Waals surface area contributed by atoms with Crippen molar-refractivity contribution in [3.05, 3.63) is 71.1 Å². The molecule has 22 heavy (non-hydrogen) atoms. The van der Waals surface area contributed by atoms with E-state index < -0.39 is 0 Å². The van der Waals surface area contributed by atoms with Gasteiger partial charge in [0, 0.05) is 32.6 Å². The molecule has 111 valence electrons. The van der Waals surface area contributed by atoms with E-state index in [1.54, 1.807) is 0 Å². The molecule has 0 bridgehead atoms. The first kappa shape index (κ1) is 17.4. The zero-order chi connectivity index (χ0) is 14.8. The van der Waals surface area contributed by atoms with Gasteiger partial charge in [-0.05, 0) is 40.2 Å². The Morgan fingerprint density at radius 3 is 2.32 bits per heavy atom. The topological polar surface area (TPSA) is 0 Å². The molecular formula is C21H23Zr. The number of fused-ring (bicyclic) bond motifs is 1. The third-order valence-corrected chi connectivity index (χ3v) is 4.24. The third-order valence-electron chi connectivity index (χ3n) is 4.24. The minimum absolute atomic E-state index is 0. The molecule has 0 amide bonds. The minimum Gasteiger partial charge on any atom is -0.0651 e. The standard InChI is InChI=1S/C21H23.Zr/c1-4-6-16-9-11-17(12-10-16)20-8-5-7-18-13-19(15(2)3)14-21(18)20;/h5,7-15H,4,6H2,1-3H3;. The van der Waals surface area contributed by atoms with Gasteiger partial charge < -0.3 is 0 Å². The Labute approximate surface area is 153 Å². The first-order chi connectivity index (χ1) is 10.2. The molecule has 0 spiro atoms. The molecule has 2 aromatic carbocycles. The maximum absolute atomic E-state index is 2.36. The van der Waals surface area contributed by atoms with Crippen molar-refractivity contribution < 1.29 is 26.2 Å². The predicted molar refractivity (Wildman–Crippen MR) is 92.1 cm³/mol.